The predicted octanol–water partition coefficient (Wildman–Crippen LogP) is 2.89. The molecule has 34 heavy (non-hydrogen) atoms. The van der Waals surface area contributed by atoms with Gasteiger partial charge in [-0.2, -0.15) is 0 Å². The van der Waals surface area contributed by atoms with E-state index in [2.05, 4.69) is 25.7 Å². The van der Waals surface area contributed by atoms with Gasteiger partial charge in [0.15, 0.2) is 6.61 Å². The molecular weight excluding hydrogens is 462 g/mol. The van der Waals surface area contributed by atoms with Crippen molar-refractivity contribution >= 4 is 40.5 Å². The van der Waals surface area contributed by atoms with Gasteiger partial charge in [-0.05, 0) is 30.3 Å². The molecular formula is C22H22ClN7O4. The van der Waals surface area contributed by atoms with Crippen LogP contribution in [0.25, 0.3) is 0 Å². The number of hydrogen-bond acceptors (Lipinski definition) is 9. The number of carbonyl (C=O) groups is 1. The van der Waals surface area contributed by atoms with Crippen molar-refractivity contribution in [3.05, 3.63) is 76.1 Å². The van der Waals surface area contributed by atoms with Crippen LogP contribution in [0.2, 0.25) is 5.02 Å². The number of amides is 1. The van der Waals surface area contributed by atoms with Gasteiger partial charge in [0.25, 0.3) is 5.91 Å². The third-order valence-electron chi connectivity index (χ3n) is 5.17. The average Bonchev–Trinajstić information content (AvgIpc) is 2.86. The third kappa shape index (κ3) is 5.62. The Kier molecular flexibility index (Phi) is 7.23. The van der Waals surface area contributed by atoms with E-state index < -0.39 is 10.8 Å². The number of rotatable bonds is 8. The Morgan fingerprint density at radius 1 is 1.06 bits per heavy atom. The van der Waals surface area contributed by atoms with Crippen LogP contribution in [0.3, 0.4) is 0 Å². The Bertz CT molecular complexity index is 1160. The predicted molar refractivity (Wildman–Crippen MR) is 128 cm³/mol. The summed E-state index contributed by atoms with van der Waals surface area (Å²) in [6.07, 6.45) is 1.22. The number of aromatic nitrogens is 2. The van der Waals surface area contributed by atoms with Crippen molar-refractivity contribution in [2.75, 3.05) is 48.0 Å². The van der Waals surface area contributed by atoms with Crippen molar-refractivity contribution in [3.63, 3.8) is 0 Å². The van der Waals surface area contributed by atoms with E-state index in [9.17, 15) is 14.9 Å². The van der Waals surface area contributed by atoms with Gasteiger partial charge in [-0.3, -0.25) is 25.8 Å². The minimum absolute atomic E-state index is 0.111. The van der Waals surface area contributed by atoms with Gasteiger partial charge in [-0.15, -0.1) is 0 Å². The first-order valence-electron chi connectivity index (χ1n) is 10.5. The Morgan fingerprint density at radius 3 is 2.50 bits per heavy atom. The molecule has 0 atom stereocenters. The van der Waals surface area contributed by atoms with Crippen LogP contribution in [0.5, 0.6) is 5.75 Å². The van der Waals surface area contributed by atoms with Gasteiger partial charge < -0.3 is 14.5 Å². The second-order valence-corrected chi connectivity index (χ2v) is 7.82. The summed E-state index contributed by atoms with van der Waals surface area (Å²) in [5.74, 6) is 0.0849. The van der Waals surface area contributed by atoms with E-state index in [4.69, 9.17) is 16.3 Å². The number of nitro groups is 1. The number of ether oxygens (including phenoxy) is 1. The molecule has 0 spiro atoms. The smallest absolute Gasteiger partial charge is 0.355 e. The third-order valence-corrected chi connectivity index (χ3v) is 5.41. The molecule has 2 N–H and O–H groups in total. The maximum Gasteiger partial charge on any atom is 0.355 e. The van der Waals surface area contributed by atoms with Crippen molar-refractivity contribution in [1.82, 2.24) is 15.4 Å². The molecule has 1 aliphatic rings. The van der Waals surface area contributed by atoms with Crippen LogP contribution < -0.4 is 25.4 Å². The van der Waals surface area contributed by atoms with E-state index in [0.717, 1.165) is 5.69 Å². The van der Waals surface area contributed by atoms with Gasteiger partial charge >= 0.3 is 5.69 Å². The lowest BCUT2D eigenvalue weighted by Gasteiger charge is -2.36. The largest absolute Gasteiger partial charge is 0.484 e. The molecule has 1 amide bonds. The monoisotopic (exact) mass is 483 g/mol. The normalized spacial score (nSPS) is 13.3. The Balaban J connectivity index is 1.40. The summed E-state index contributed by atoms with van der Waals surface area (Å²) < 4.78 is 5.37. The van der Waals surface area contributed by atoms with E-state index in [1.54, 1.807) is 24.3 Å². The summed E-state index contributed by atoms with van der Waals surface area (Å²) >= 11 is 6.09. The fraction of sp³-hybridized carbons (Fsp3) is 0.227. The van der Waals surface area contributed by atoms with Crippen molar-refractivity contribution in [2.45, 2.75) is 0 Å². The van der Waals surface area contributed by atoms with Crippen LogP contribution >= 0.6 is 11.6 Å². The second-order valence-electron chi connectivity index (χ2n) is 7.38. The second kappa shape index (κ2) is 10.7. The molecule has 2 aromatic carbocycles. The van der Waals surface area contributed by atoms with Gasteiger partial charge in [-0.25, -0.2) is 9.97 Å². The molecule has 1 aromatic heterocycles. The number of anilines is 3. The molecule has 0 saturated carbocycles. The highest BCUT2D eigenvalue weighted by molar-refractivity contribution is 6.30. The summed E-state index contributed by atoms with van der Waals surface area (Å²) in [6.45, 7) is 2.03. The number of halogens is 1. The molecule has 0 radical (unpaired) electrons. The number of nitrogens with zero attached hydrogens (tertiary/aromatic N) is 5. The zero-order valence-electron chi connectivity index (χ0n) is 18.1. The van der Waals surface area contributed by atoms with E-state index >= 15 is 0 Å². The highest BCUT2D eigenvalue weighted by Crippen LogP contribution is 2.32. The van der Waals surface area contributed by atoms with Gasteiger partial charge in [0.2, 0.25) is 11.6 Å². The van der Waals surface area contributed by atoms with Gasteiger partial charge in [-0.1, -0.05) is 35.9 Å². The molecule has 4 rings (SSSR count). The van der Waals surface area contributed by atoms with E-state index in [-0.39, 0.29) is 23.9 Å². The van der Waals surface area contributed by atoms with Crippen LogP contribution in [0, 0.1) is 10.1 Å². The van der Waals surface area contributed by atoms with Crippen molar-refractivity contribution in [3.8, 4) is 5.75 Å². The summed E-state index contributed by atoms with van der Waals surface area (Å²) in [6, 6.07) is 16.4. The Morgan fingerprint density at radius 2 is 1.79 bits per heavy atom. The number of carbonyl (C=O) groups excluding carboxylic acids is 1. The maximum absolute atomic E-state index is 12.1. The van der Waals surface area contributed by atoms with Crippen LogP contribution in [-0.4, -0.2) is 53.6 Å². The SMILES string of the molecule is O=C(COc1ccccc1)NNc1ncnc(N2CCN(c3cccc(Cl)c3)CC2)c1[N+](=O)[O-]. The number of nitrogens with one attached hydrogen (secondary N) is 2. The molecule has 0 bridgehead atoms. The lowest BCUT2D eigenvalue weighted by Crippen LogP contribution is -2.47. The minimum atomic E-state index is -0.562. The molecule has 1 aliphatic heterocycles. The molecule has 12 heteroatoms. The summed E-state index contributed by atoms with van der Waals surface area (Å²) in [5, 5.41) is 12.5. The van der Waals surface area contributed by atoms with E-state index in [1.165, 1.54) is 6.33 Å². The lowest BCUT2D eigenvalue weighted by atomic mass is 10.2. The molecule has 0 aliphatic carbocycles. The summed E-state index contributed by atoms with van der Waals surface area (Å²) in [5.41, 5.74) is 5.58. The highest BCUT2D eigenvalue weighted by Gasteiger charge is 2.29. The Hall–Kier alpha value is -4.12. The van der Waals surface area contributed by atoms with Crippen LogP contribution in [-0.2, 0) is 4.79 Å². The quantitative estimate of drug-likeness (QED) is 0.367. The Labute approximate surface area is 200 Å². The first-order chi connectivity index (χ1) is 16.5. The zero-order valence-corrected chi connectivity index (χ0v) is 18.8. The van der Waals surface area contributed by atoms with Crippen LogP contribution in [0.15, 0.2) is 60.9 Å². The maximum atomic E-state index is 12.1. The summed E-state index contributed by atoms with van der Waals surface area (Å²) in [7, 11) is 0. The molecule has 1 fully saturated rings. The van der Waals surface area contributed by atoms with Crippen LogP contribution in [0.4, 0.5) is 23.0 Å². The first-order valence-corrected chi connectivity index (χ1v) is 10.9. The highest BCUT2D eigenvalue weighted by atomic mass is 35.5. The van der Waals surface area contributed by atoms with Crippen molar-refractivity contribution < 1.29 is 14.5 Å². The topological polar surface area (TPSA) is 126 Å². The van der Waals surface area contributed by atoms with E-state index in [1.807, 2.05) is 35.2 Å². The van der Waals surface area contributed by atoms with Crippen molar-refractivity contribution in [1.29, 1.82) is 0 Å². The molecule has 11 nitrogen and oxygen atoms in total. The molecule has 176 valence electrons. The number of para-hydroxylation sites is 1. The molecule has 0 unspecified atom stereocenters. The van der Waals surface area contributed by atoms with E-state index in [0.29, 0.717) is 37.0 Å². The number of benzene rings is 2. The number of hydrazine groups is 1. The first kappa shape index (κ1) is 23.1. The number of piperazine rings is 1. The zero-order chi connectivity index (χ0) is 23.9. The molecule has 2 heterocycles. The standard InChI is InChI=1S/C22H22ClN7O4/c23-16-5-4-6-17(13-16)28-9-11-29(12-10-28)22-20(30(32)33)21(24-15-25-22)27-26-19(31)14-34-18-7-2-1-3-8-18/h1-8,13,15H,9-12,14H2,(H,26,31)(H,24,25,27). The molecule has 1 saturated heterocycles. The van der Waals surface area contributed by atoms with Crippen LogP contribution in [0.1, 0.15) is 0 Å². The number of hydrogen-bond donors (Lipinski definition) is 2. The van der Waals surface area contributed by atoms with Gasteiger partial charge in [0.1, 0.15) is 12.1 Å². The molecule has 3 aromatic rings. The average molecular weight is 484 g/mol. The summed E-state index contributed by atoms with van der Waals surface area (Å²) in [4.78, 5) is 35.5. The minimum Gasteiger partial charge on any atom is -0.484 e. The van der Waals surface area contributed by atoms with Gasteiger partial charge in [0, 0.05) is 36.9 Å². The van der Waals surface area contributed by atoms with Crippen molar-refractivity contribution in [2.24, 2.45) is 0 Å². The fourth-order valence-corrected chi connectivity index (χ4v) is 3.72. The lowest BCUT2D eigenvalue weighted by molar-refractivity contribution is -0.383. The fourth-order valence-electron chi connectivity index (χ4n) is 3.54. The van der Waals surface area contributed by atoms with Gasteiger partial charge in [0.05, 0.1) is 4.92 Å².